The van der Waals surface area contributed by atoms with Crippen LogP contribution in [-0.4, -0.2) is 69.8 Å². The highest BCUT2D eigenvalue weighted by Crippen LogP contribution is 2.28. The Bertz CT molecular complexity index is 1190. The molecule has 0 aliphatic carbocycles. The lowest BCUT2D eigenvalue weighted by molar-refractivity contribution is -0.132. The molecule has 1 fully saturated rings. The molecule has 1 atom stereocenters. The summed E-state index contributed by atoms with van der Waals surface area (Å²) < 4.78 is 22.6. The predicted octanol–water partition coefficient (Wildman–Crippen LogP) is 4.67. The van der Waals surface area contributed by atoms with E-state index in [9.17, 15) is 4.79 Å². The van der Waals surface area contributed by atoms with Gasteiger partial charge in [0, 0.05) is 32.7 Å². The first-order chi connectivity index (χ1) is 18.5. The van der Waals surface area contributed by atoms with Gasteiger partial charge in [0.15, 0.2) is 11.5 Å². The summed E-state index contributed by atoms with van der Waals surface area (Å²) in [6.45, 7) is 6.34. The van der Waals surface area contributed by atoms with Gasteiger partial charge in [-0.15, -0.1) is 0 Å². The molecule has 7 heteroatoms. The second-order valence-corrected chi connectivity index (χ2v) is 9.61. The molecule has 38 heavy (non-hydrogen) atoms. The number of methoxy groups -OCH3 is 3. The average molecular weight is 519 g/mol. The molecule has 1 heterocycles. The van der Waals surface area contributed by atoms with Crippen molar-refractivity contribution in [3.63, 3.8) is 0 Å². The lowest BCUT2D eigenvalue weighted by Gasteiger charge is -2.36. The third-order valence-corrected chi connectivity index (χ3v) is 6.99. The Labute approximate surface area is 225 Å². The van der Waals surface area contributed by atoms with Crippen molar-refractivity contribution in [1.29, 1.82) is 0 Å². The largest absolute Gasteiger partial charge is 0.497 e. The number of carbonyl (C=O) groups is 1. The van der Waals surface area contributed by atoms with Gasteiger partial charge in [-0.3, -0.25) is 9.69 Å². The first-order valence-corrected chi connectivity index (χ1v) is 13.0. The van der Waals surface area contributed by atoms with E-state index >= 15 is 0 Å². The number of hydrogen-bond acceptors (Lipinski definition) is 6. The second-order valence-electron chi connectivity index (χ2n) is 9.61. The van der Waals surface area contributed by atoms with Gasteiger partial charge < -0.3 is 23.8 Å². The SMILES string of the molecule is COc1cccc([C@H](CN2CCN(C(=O)Cc3ccc(OC)c(OC)c3)CC2)OCc2ccc(C)cc2)c1. The zero-order valence-electron chi connectivity index (χ0n) is 22.8. The van der Waals surface area contributed by atoms with Crippen LogP contribution in [0.1, 0.15) is 28.4 Å². The molecule has 3 aromatic carbocycles. The number of rotatable bonds is 11. The van der Waals surface area contributed by atoms with Gasteiger partial charge in [-0.05, 0) is 47.9 Å². The molecule has 0 bridgehead atoms. The van der Waals surface area contributed by atoms with Gasteiger partial charge in [0.1, 0.15) is 5.75 Å². The molecule has 3 aromatic rings. The molecule has 0 radical (unpaired) electrons. The molecule has 0 saturated carbocycles. The molecular formula is C31H38N2O5. The van der Waals surface area contributed by atoms with Crippen LogP contribution in [-0.2, 0) is 22.6 Å². The van der Waals surface area contributed by atoms with Crippen molar-refractivity contribution in [2.45, 2.75) is 26.1 Å². The van der Waals surface area contributed by atoms with Crippen LogP contribution in [0.5, 0.6) is 17.2 Å². The highest BCUT2D eigenvalue weighted by molar-refractivity contribution is 5.79. The van der Waals surface area contributed by atoms with E-state index in [4.69, 9.17) is 18.9 Å². The third-order valence-electron chi connectivity index (χ3n) is 6.99. The Morgan fingerprint density at radius 3 is 2.21 bits per heavy atom. The van der Waals surface area contributed by atoms with Crippen LogP contribution in [0.4, 0.5) is 0 Å². The predicted molar refractivity (Wildman–Crippen MR) is 148 cm³/mol. The summed E-state index contributed by atoms with van der Waals surface area (Å²) in [6.07, 6.45) is 0.229. The summed E-state index contributed by atoms with van der Waals surface area (Å²) >= 11 is 0. The zero-order chi connectivity index (χ0) is 26.9. The van der Waals surface area contributed by atoms with E-state index in [2.05, 4.69) is 42.2 Å². The average Bonchev–Trinajstić information content (AvgIpc) is 2.96. The Kier molecular flexibility index (Phi) is 9.62. The van der Waals surface area contributed by atoms with Gasteiger partial charge in [0.2, 0.25) is 5.91 Å². The van der Waals surface area contributed by atoms with Gasteiger partial charge >= 0.3 is 0 Å². The van der Waals surface area contributed by atoms with E-state index in [1.54, 1.807) is 21.3 Å². The third kappa shape index (κ3) is 7.27. The molecule has 0 unspecified atom stereocenters. The maximum Gasteiger partial charge on any atom is 0.227 e. The first-order valence-electron chi connectivity index (χ1n) is 13.0. The van der Waals surface area contributed by atoms with Crippen LogP contribution in [0.3, 0.4) is 0 Å². The Hall–Kier alpha value is -3.55. The number of amides is 1. The molecule has 0 aromatic heterocycles. The first kappa shape index (κ1) is 27.5. The molecular weight excluding hydrogens is 480 g/mol. The van der Waals surface area contributed by atoms with Crippen LogP contribution >= 0.6 is 0 Å². The van der Waals surface area contributed by atoms with E-state index in [1.807, 2.05) is 41.3 Å². The zero-order valence-corrected chi connectivity index (χ0v) is 22.8. The van der Waals surface area contributed by atoms with E-state index in [1.165, 1.54) is 5.56 Å². The van der Waals surface area contributed by atoms with Crippen molar-refractivity contribution in [2.24, 2.45) is 0 Å². The van der Waals surface area contributed by atoms with E-state index < -0.39 is 0 Å². The van der Waals surface area contributed by atoms with E-state index in [-0.39, 0.29) is 12.0 Å². The summed E-state index contributed by atoms with van der Waals surface area (Å²) in [4.78, 5) is 17.3. The van der Waals surface area contributed by atoms with Crippen LogP contribution in [0.2, 0.25) is 0 Å². The van der Waals surface area contributed by atoms with Crippen LogP contribution in [0, 0.1) is 6.92 Å². The maximum atomic E-state index is 13.0. The van der Waals surface area contributed by atoms with Crippen molar-refractivity contribution >= 4 is 5.91 Å². The molecule has 7 nitrogen and oxygen atoms in total. The topological polar surface area (TPSA) is 60.5 Å². The minimum Gasteiger partial charge on any atom is -0.497 e. The monoisotopic (exact) mass is 518 g/mol. The lowest BCUT2D eigenvalue weighted by atomic mass is 10.1. The Morgan fingerprint density at radius 1 is 0.816 bits per heavy atom. The van der Waals surface area contributed by atoms with Crippen LogP contribution < -0.4 is 14.2 Å². The minimum absolute atomic E-state index is 0.111. The molecule has 1 amide bonds. The molecule has 4 rings (SSSR count). The number of nitrogens with zero attached hydrogens (tertiary/aromatic N) is 2. The summed E-state index contributed by atoms with van der Waals surface area (Å²) in [5.41, 5.74) is 4.38. The summed E-state index contributed by atoms with van der Waals surface area (Å²) in [5, 5.41) is 0. The Balaban J connectivity index is 1.36. The van der Waals surface area contributed by atoms with E-state index in [0.29, 0.717) is 37.6 Å². The number of carbonyl (C=O) groups excluding carboxylic acids is 1. The fourth-order valence-electron chi connectivity index (χ4n) is 4.67. The van der Waals surface area contributed by atoms with Gasteiger partial charge in [-0.1, -0.05) is 48.0 Å². The number of hydrogen-bond donors (Lipinski definition) is 0. The number of ether oxygens (including phenoxy) is 4. The quantitative estimate of drug-likeness (QED) is 0.368. The molecule has 1 aliphatic rings. The Morgan fingerprint density at radius 2 is 1.53 bits per heavy atom. The van der Waals surface area contributed by atoms with Crippen molar-refractivity contribution in [3.05, 3.63) is 89.0 Å². The van der Waals surface area contributed by atoms with Gasteiger partial charge in [0.25, 0.3) is 0 Å². The van der Waals surface area contributed by atoms with Crippen molar-refractivity contribution in [3.8, 4) is 17.2 Å². The van der Waals surface area contributed by atoms with E-state index in [0.717, 1.165) is 42.1 Å². The molecule has 1 aliphatic heterocycles. The van der Waals surface area contributed by atoms with Crippen LogP contribution in [0.25, 0.3) is 0 Å². The number of aryl methyl sites for hydroxylation is 1. The van der Waals surface area contributed by atoms with Gasteiger partial charge in [-0.25, -0.2) is 0 Å². The van der Waals surface area contributed by atoms with Crippen molar-refractivity contribution in [2.75, 3.05) is 54.1 Å². The fourth-order valence-corrected chi connectivity index (χ4v) is 4.67. The lowest BCUT2D eigenvalue weighted by Crippen LogP contribution is -2.50. The van der Waals surface area contributed by atoms with Gasteiger partial charge in [0.05, 0.1) is 40.5 Å². The second kappa shape index (κ2) is 13.3. The van der Waals surface area contributed by atoms with Gasteiger partial charge in [-0.2, -0.15) is 0 Å². The summed E-state index contributed by atoms with van der Waals surface area (Å²) in [6, 6.07) is 22.2. The number of benzene rings is 3. The molecule has 202 valence electrons. The highest BCUT2D eigenvalue weighted by atomic mass is 16.5. The molecule has 0 N–H and O–H groups in total. The number of piperazine rings is 1. The molecule has 0 spiro atoms. The maximum absolute atomic E-state index is 13.0. The van der Waals surface area contributed by atoms with Crippen molar-refractivity contribution in [1.82, 2.24) is 9.80 Å². The molecule has 1 saturated heterocycles. The highest BCUT2D eigenvalue weighted by Gasteiger charge is 2.25. The smallest absolute Gasteiger partial charge is 0.227 e. The summed E-state index contributed by atoms with van der Waals surface area (Å²) in [7, 11) is 4.89. The normalized spacial score (nSPS) is 14.7. The standard InChI is InChI=1S/C31H38N2O5/c1-23-8-10-24(11-9-23)22-38-30(26-6-5-7-27(20-26)35-2)21-32-14-16-33(17-15-32)31(34)19-25-12-13-28(36-3)29(18-25)37-4/h5-13,18,20,30H,14-17,19,21-22H2,1-4H3/t30-/m0/s1. The minimum atomic E-state index is -0.111. The summed E-state index contributed by atoms with van der Waals surface area (Å²) in [5.74, 6) is 2.23. The van der Waals surface area contributed by atoms with Crippen molar-refractivity contribution < 1.29 is 23.7 Å². The van der Waals surface area contributed by atoms with Crippen LogP contribution in [0.15, 0.2) is 66.7 Å². The fraction of sp³-hybridized carbons (Fsp3) is 0.387.